The number of amides is 1. The fourth-order valence-electron chi connectivity index (χ4n) is 2.89. The number of hydrogen-bond donors (Lipinski definition) is 1. The van der Waals surface area contributed by atoms with Crippen molar-refractivity contribution in [2.24, 2.45) is 0 Å². The zero-order valence-corrected chi connectivity index (χ0v) is 15.5. The number of benzene rings is 1. The molecule has 2 aromatic rings. The van der Waals surface area contributed by atoms with Gasteiger partial charge in [0.05, 0.1) is 10.7 Å². The Labute approximate surface area is 152 Å². The quantitative estimate of drug-likeness (QED) is 0.913. The average molecular weight is 360 g/mol. The van der Waals surface area contributed by atoms with Gasteiger partial charge in [-0.1, -0.05) is 17.7 Å². The normalized spacial score (nSPS) is 15.3. The number of aromatic nitrogens is 2. The van der Waals surface area contributed by atoms with Crippen LogP contribution < -0.4 is 5.32 Å². The van der Waals surface area contributed by atoms with E-state index in [1.165, 1.54) is 0 Å². The van der Waals surface area contributed by atoms with Crippen molar-refractivity contribution in [2.75, 3.05) is 38.5 Å². The first-order chi connectivity index (χ1) is 11.9. The van der Waals surface area contributed by atoms with Gasteiger partial charge in [-0.15, -0.1) is 10.2 Å². The van der Waals surface area contributed by atoms with Crippen molar-refractivity contribution in [1.29, 1.82) is 0 Å². The summed E-state index contributed by atoms with van der Waals surface area (Å²) in [5, 5.41) is 12.0. The zero-order valence-electron chi connectivity index (χ0n) is 14.7. The number of carbonyl (C=O) groups excluding carboxylic acids is 1. The van der Waals surface area contributed by atoms with Crippen LogP contribution in [0.4, 0.5) is 11.5 Å². The fourth-order valence-corrected chi connectivity index (χ4v) is 3.26. The van der Waals surface area contributed by atoms with Crippen LogP contribution in [0.25, 0.3) is 0 Å². The van der Waals surface area contributed by atoms with Gasteiger partial charge < -0.3 is 15.1 Å². The predicted octanol–water partition coefficient (Wildman–Crippen LogP) is 2.88. The second-order valence-corrected chi connectivity index (χ2v) is 6.87. The summed E-state index contributed by atoms with van der Waals surface area (Å²) in [6.45, 7) is 7.18. The minimum absolute atomic E-state index is 0.0725. The predicted molar refractivity (Wildman–Crippen MR) is 99.6 cm³/mol. The number of nitrogens with zero attached hydrogens (tertiary/aromatic N) is 4. The lowest BCUT2D eigenvalue weighted by atomic mass is 10.1. The summed E-state index contributed by atoms with van der Waals surface area (Å²) in [7, 11) is 2.06. The summed E-state index contributed by atoms with van der Waals surface area (Å²) in [4.78, 5) is 16.5. The molecule has 132 valence electrons. The van der Waals surface area contributed by atoms with Crippen molar-refractivity contribution in [3.8, 4) is 0 Å². The molecule has 0 aliphatic carbocycles. The van der Waals surface area contributed by atoms with Crippen LogP contribution in [-0.4, -0.2) is 59.1 Å². The zero-order chi connectivity index (χ0) is 18.0. The molecule has 3 rings (SSSR count). The van der Waals surface area contributed by atoms with Gasteiger partial charge in [0.1, 0.15) is 0 Å². The van der Waals surface area contributed by atoms with E-state index < -0.39 is 0 Å². The molecule has 1 N–H and O–H groups in total. The van der Waals surface area contributed by atoms with Gasteiger partial charge in [0.2, 0.25) is 0 Å². The van der Waals surface area contributed by atoms with E-state index in [9.17, 15) is 4.79 Å². The Morgan fingerprint density at radius 1 is 1.12 bits per heavy atom. The summed E-state index contributed by atoms with van der Waals surface area (Å²) in [5.41, 5.74) is 3.30. The maximum absolute atomic E-state index is 12.5. The van der Waals surface area contributed by atoms with Crippen LogP contribution in [0.1, 0.15) is 21.6 Å². The summed E-state index contributed by atoms with van der Waals surface area (Å²) in [6.07, 6.45) is 0. The number of piperazine rings is 1. The number of hydrogen-bond acceptors (Lipinski definition) is 5. The lowest BCUT2D eigenvalue weighted by molar-refractivity contribution is 0.0657. The van der Waals surface area contributed by atoms with E-state index in [4.69, 9.17) is 11.6 Å². The van der Waals surface area contributed by atoms with E-state index in [1.807, 2.05) is 30.9 Å². The van der Waals surface area contributed by atoms with Gasteiger partial charge >= 0.3 is 0 Å². The molecular weight excluding hydrogens is 338 g/mol. The standard InChI is InChI=1S/C18H22ClN5O/c1-12-10-13(2)17(14(19)11-12)20-16-5-4-15(21-22-16)18(25)24-8-6-23(3)7-9-24/h4-5,10-11H,6-9H2,1-3H3,(H,20,22). The van der Waals surface area contributed by atoms with Crippen molar-refractivity contribution in [1.82, 2.24) is 20.0 Å². The van der Waals surface area contributed by atoms with Gasteiger partial charge in [-0.05, 0) is 50.2 Å². The van der Waals surface area contributed by atoms with Gasteiger partial charge in [0.25, 0.3) is 5.91 Å². The lowest BCUT2D eigenvalue weighted by Crippen LogP contribution is -2.47. The monoisotopic (exact) mass is 359 g/mol. The van der Waals surface area contributed by atoms with E-state index in [0.717, 1.165) is 43.0 Å². The molecule has 25 heavy (non-hydrogen) atoms. The molecule has 1 aliphatic rings. The van der Waals surface area contributed by atoms with Crippen LogP contribution in [0, 0.1) is 13.8 Å². The first-order valence-electron chi connectivity index (χ1n) is 8.29. The number of rotatable bonds is 3. The summed E-state index contributed by atoms with van der Waals surface area (Å²) in [5.74, 6) is 0.487. The highest BCUT2D eigenvalue weighted by Crippen LogP contribution is 2.29. The second-order valence-electron chi connectivity index (χ2n) is 6.46. The molecule has 0 radical (unpaired) electrons. The number of nitrogens with one attached hydrogen (secondary N) is 1. The highest BCUT2D eigenvalue weighted by Gasteiger charge is 2.21. The molecular formula is C18H22ClN5O. The SMILES string of the molecule is Cc1cc(C)c(Nc2ccc(C(=O)N3CCN(C)CC3)nn2)c(Cl)c1. The molecule has 1 fully saturated rings. The maximum Gasteiger partial charge on any atom is 0.274 e. The maximum atomic E-state index is 12.5. The molecule has 1 aromatic carbocycles. The summed E-state index contributed by atoms with van der Waals surface area (Å²) >= 11 is 6.30. The summed E-state index contributed by atoms with van der Waals surface area (Å²) in [6, 6.07) is 7.40. The molecule has 0 spiro atoms. The van der Waals surface area contributed by atoms with Crippen molar-refractivity contribution < 1.29 is 4.79 Å². The minimum Gasteiger partial charge on any atom is -0.337 e. The van der Waals surface area contributed by atoms with Crippen LogP contribution in [0.2, 0.25) is 5.02 Å². The van der Waals surface area contributed by atoms with Crippen LogP contribution in [0.3, 0.4) is 0 Å². The molecule has 2 heterocycles. The highest BCUT2D eigenvalue weighted by molar-refractivity contribution is 6.33. The van der Waals surface area contributed by atoms with Crippen molar-refractivity contribution in [2.45, 2.75) is 13.8 Å². The number of halogens is 1. The van der Waals surface area contributed by atoms with Gasteiger partial charge in [0.15, 0.2) is 11.5 Å². The number of anilines is 2. The Morgan fingerprint density at radius 2 is 1.84 bits per heavy atom. The third-order valence-corrected chi connectivity index (χ3v) is 4.66. The topological polar surface area (TPSA) is 61.4 Å². The molecule has 1 aliphatic heterocycles. The number of aryl methyl sites for hydroxylation is 2. The van der Waals surface area contributed by atoms with E-state index >= 15 is 0 Å². The fraction of sp³-hybridized carbons (Fsp3) is 0.389. The molecule has 1 saturated heterocycles. The van der Waals surface area contributed by atoms with Gasteiger partial charge in [-0.3, -0.25) is 4.79 Å². The molecule has 0 bridgehead atoms. The smallest absolute Gasteiger partial charge is 0.274 e. The van der Waals surface area contributed by atoms with E-state index in [-0.39, 0.29) is 5.91 Å². The number of carbonyl (C=O) groups is 1. The van der Waals surface area contributed by atoms with E-state index in [1.54, 1.807) is 12.1 Å². The van der Waals surface area contributed by atoms with Gasteiger partial charge in [0, 0.05) is 26.2 Å². The van der Waals surface area contributed by atoms with Crippen LogP contribution in [0.5, 0.6) is 0 Å². The molecule has 0 saturated carbocycles. The molecule has 1 amide bonds. The van der Waals surface area contributed by atoms with Gasteiger partial charge in [-0.2, -0.15) is 0 Å². The Kier molecular flexibility index (Phi) is 5.20. The average Bonchev–Trinajstić information content (AvgIpc) is 2.59. The lowest BCUT2D eigenvalue weighted by Gasteiger charge is -2.32. The first kappa shape index (κ1) is 17.6. The van der Waals surface area contributed by atoms with Crippen molar-refractivity contribution >= 4 is 29.0 Å². The van der Waals surface area contributed by atoms with E-state index in [0.29, 0.717) is 16.5 Å². The van der Waals surface area contributed by atoms with E-state index in [2.05, 4.69) is 27.5 Å². The Balaban J connectivity index is 1.71. The van der Waals surface area contributed by atoms with Crippen LogP contribution in [-0.2, 0) is 0 Å². The van der Waals surface area contributed by atoms with Crippen LogP contribution >= 0.6 is 11.6 Å². The molecule has 1 aromatic heterocycles. The third-order valence-electron chi connectivity index (χ3n) is 4.36. The molecule has 6 nitrogen and oxygen atoms in total. The number of likely N-dealkylation sites (N-methyl/N-ethyl adjacent to an activating group) is 1. The molecule has 0 unspecified atom stereocenters. The molecule has 7 heteroatoms. The Morgan fingerprint density at radius 3 is 2.44 bits per heavy atom. The minimum atomic E-state index is -0.0725. The highest BCUT2D eigenvalue weighted by atomic mass is 35.5. The van der Waals surface area contributed by atoms with Gasteiger partial charge in [-0.25, -0.2) is 0 Å². The Hall–Kier alpha value is -2.18. The largest absolute Gasteiger partial charge is 0.337 e. The Bertz CT molecular complexity index is 747. The molecule has 0 atom stereocenters. The second kappa shape index (κ2) is 7.37. The first-order valence-corrected chi connectivity index (χ1v) is 8.67. The van der Waals surface area contributed by atoms with Crippen LogP contribution in [0.15, 0.2) is 24.3 Å². The van der Waals surface area contributed by atoms with Crippen molar-refractivity contribution in [3.63, 3.8) is 0 Å². The third kappa shape index (κ3) is 4.08. The summed E-state index contributed by atoms with van der Waals surface area (Å²) < 4.78 is 0. The van der Waals surface area contributed by atoms with Crippen molar-refractivity contribution in [3.05, 3.63) is 46.1 Å².